The summed E-state index contributed by atoms with van der Waals surface area (Å²) in [7, 11) is -4.07. The first-order valence-corrected chi connectivity index (χ1v) is 8.51. The van der Waals surface area contributed by atoms with Crippen molar-refractivity contribution in [2.24, 2.45) is 5.92 Å². The minimum absolute atomic E-state index is 0.0626. The number of rotatable bonds is 5. The van der Waals surface area contributed by atoms with Gasteiger partial charge in [0.05, 0.1) is 5.69 Å². The van der Waals surface area contributed by atoms with Gasteiger partial charge in [-0.25, -0.2) is 4.39 Å². The summed E-state index contributed by atoms with van der Waals surface area (Å²) in [5.41, 5.74) is -0.189. The number of nitrogens with one attached hydrogen (secondary N) is 2. The number of hydrogen-bond donors (Lipinski definition) is 2. The van der Waals surface area contributed by atoms with E-state index >= 15 is 0 Å². The van der Waals surface area contributed by atoms with Gasteiger partial charge in [0, 0.05) is 5.92 Å². The number of anilines is 2. The second-order valence-electron chi connectivity index (χ2n) is 4.60. The molecule has 0 aliphatic rings. The van der Waals surface area contributed by atoms with Gasteiger partial charge in [-0.3, -0.25) is 9.52 Å². The number of halogens is 1. The summed E-state index contributed by atoms with van der Waals surface area (Å²) in [5, 5.41) is 9.61. The van der Waals surface area contributed by atoms with Gasteiger partial charge in [-0.15, -0.1) is 10.2 Å². The van der Waals surface area contributed by atoms with Crippen molar-refractivity contribution in [2.45, 2.75) is 18.2 Å². The highest BCUT2D eigenvalue weighted by Crippen LogP contribution is 2.23. The zero-order valence-corrected chi connectivity index (χ0v) is 13.3. The molecule has 0 bridgehead atoms. The van der Waals surface area contributed by atoms with Gasteiger partial charge in [0.25, 0.3) is 14.4 Å². The topological polar surface area (TPSA) is 101 Å². The van der Waals surface area contributed by atoms with Crippen molar-refractivity contribution in [3.8, 4) is 0 Å². The Morgan fingerprint density at radius 2 is 1.95 bits per heavy atom. The first-order chi connectivity index (χ1) is 10.3. The minimum atomic E-state index is -4.07. The van der Waals surface area contributed by atoms with Crippen LogP contribution in [0.4, 0.5) is 15.2 Å². The molecule has 0 radical (unpaired) electrons. The van der Waals surface area contributed by atoms with Crippen LogP contribution in [-0.2, 0) is 14.8 Å². The Labute approximate surface area is 130 Å². The molecule has 1 heterocycles. The van der Waals surface area contributed by atoms with Crippen LogP contribution in [0.2, 0.25) is 0 Å². The Balaban J connectivity index is 2.19. The average Bonchev–Trinajstić information content (AvgIpc) is 2.90. The maximum Gasteiger partial charge on any atom is 0.291 e. The summed E-state index contributed by atoms with van der Waals surface area (Å²) >= 11 is 0.684. The number of carbonyl (C=O) groups is 1. The fourth-order valence-corrected chi connectivity index (χ4v) is 3.32. The lowest BCUT2D eigenvalue weighted by atomic mass is 10.2. The van der Waals surface area contributed by atoms with Crippen LogP contribution in [0.3, 0.4) is 0 Å². The van der Waals surface area contributed by atoms with E-state index in [9.17, 15) is 17.6 Å². The second-order valence-corrected chi connectivity index (χ2v) is 7.44. The number of hydrogen-bond acceptors (Lipinski definition) is 6. The van der Waals surface area contributed by atoms with Crippen LogP contribution in [0.5, 0.6) is 0 Å². The van der Waals surface area contributed by atoms with Crippen molar-refractivity contribution < 1.29 is 17.6 Å². The number of para-hydroxylation sites is 1. The summed E-state index contributed by atoms with van der Waals surface area (Å²) in [6.45, 7) is 3.38. The molecular formula is C12H13FN4O3S2. The summed E-state index contributed by atoms with van der Waals surface area (Å²) < 4.78 is 39.4. The molecule has 0 aliphatic heterocycles. The predicted octanol–water partition coefficient (Wildman–Crippen LogP) is 2.07. The predicted molar refractivity (Wildman–Crippen MR) is 80.6 cm³/mol. The van der Waals surface area contributed by atoms with Gasteiger partial charge < -0.3 is 5.32 Å². The zero-order chi connectivity index (χ0) is 16.3. The van der Waals surface area contributed by atoms with Crippen LogP contribution in [0.1, 0.15) is 13.8 Å². The molecule has 1 aromatic carbocycles. The number of nitrogens with zero attached hydrogens (tertiary/aromatic N) is 2. The maximum absolute atomic E-state index is 13.5. The highest BCUT2D eigenvalue weighted by atomic mass is 32.2. The van der Waals surface area contributed by atoms with E-state index in [2.05, 4.69) is 20.2 Å². The molecule has 0 unspecified atom stereocenters. The van der Waals surface area contributed by atoms with Crippen LogP contribution in [0.25, 0.3) is 0 Å². The third kappa shape index (κ3) is 3.77. The molecule has 1 amide bonds. The van der Waals surface area contributed by atoms with E-state index in [1.54, 1.807) is 13.8 Å². The second kappa shape index (κ2) is 6.36. The fraction of sp³-hybridized carbons (Fsp3) is 0.250. The zero-order valence-electron chi connectivity index (χ0n) is 11.7. The standard InChI is InChI=1S/C12H13FN4O3S2/c1-7(2)10(18)14-11-15-16-12(21-11)22(19,20)17-9-6-4-3-5-8(9)13/h3-7,17H,1-2H3,(H,14,15,18). The molecule has 0 saturated carbocycles. The number of benzene rings is 1. The molecule has 0 atom stereocenters. The Bertz CT molecular complexity index is 789. The van der Waals surface area contributed by atoms with Gasteiger partial charge >= 0.3 is 0 Å². The quantitative estimate of drug-likeness (QED) is 0.809. The van der Waals surface area contributed by atoms with E-state index in [0.29, 0.717) is 11.3 Å². The van der Waals surface area contributed by atoms with Crippen molar-refractivity contribution >= 4 is 38.1 Å². The molecule has 2 aromatic rings. The molecule has 118 valence electrons. The van der Waals surface area contributed by atoms with E-state index in [1.165, 1.54) is 18.2 Å². The number of amides is 1. The Morgan fingerprint density at radius 1 is 1.27 bits per heavy atom. The molecule has 2 N–H and O–H groups in total. The molecule has 0 saturated heterocycles. The monoisotopic (exact) mass is 344 g/mol. The molecule has 0 aliphatic carbocycles. The van der Waals surface area contributed by atoms with Gasteiger partial charge in [-0.2, -0.15) is 8.42 Å². The highest BCUT2D eigenvalue weighted by Gasteiger charge is 2.22. The smallest absolute Gasteiger partial charge is 0.291 e. The fourth-order valence-electron chi connectivity index (χ4n) is 1.35. The van der Waals surface area contributed by atoms with E-state index in [4.69, 9.17) is 0 Å². The summed E-state index contributed by atoms with van der Waals surface area (Å²) in [4.78, 5) is 11.5. The van der Waals surface area contributed by atoms with Gasteiger partial charge in [-0.1, -0.05) is 37.3 Å². The highest BCUT2D eigenvalue weighted by molar-refractivity contribution is 7.94. The van der Waals surface area contributed by atoms with E-state index < -0.39 is 15.8 Å². The number of sulfonamides is 1. The van der Waals surface area contributed by atoms with Crippen molar-refractivity contribution in [3.05, 3.63) is 30.1 Å². The lowest BCUT2D eigenvalue weighted by molar-refractivity contribution is -0.118. The van der Waals surface area contributed by atoms with E-state index in [0.717, 1.165) is 6.07 Å². The van der Waals surface area contributed by atoms with Crippen molar-refractivity contribution in [1.82, 2.24) is 10.2 Å². The summed E-state index contributed by atoms with van der Waals surface area (Å²) in [5.74, 6) is -1.29. The molecule has 0 spiro atoms. The van der Waals surface area contributed by atoms with Crippen molar-refractivity contribution in [3.63, 3.8) is 0 Å². The molecule has 2 rings (SSSR count). The van der Waals surface area contributed by atoms with Gasteiger partial charge in [0.2, 0.25) is 11.0 Å². The summed E-state index contributed by atoms with van der Waals surface area (Å²) in [6, 6.07) is 5.36. The average molecular weight is 344 g/mol. The number of carbonyl (C=O) groups excluding carboxylic acids is 1. The van der Waals surface area contributed by atoms with Crippen LogP contribution in [0.15, 0.2) is 28.6 Å². The molecule has 7 nitrogen and oxygen atoms in total. The third-order valence-corrected chi connectivity index (χ3v) is 5.08. The minimum Gasteiger partial charge on any atom is -0.300 e. The lowest BCUT2D eigenvalue weighted by Crippen LogP contribution is -2.17. The van der Waals surface area contributed by atoms with Gasteiger partial charge in [-0.05, 0) is 12.1 Å². The van der Waals surface area contributed by atoms with Gasteiger partial charge in [0.1, 0.15) is 5.82 Å². The normalized spacial score (nSPS) is 11.5. The van der Waals surface area contributed by atoms with Crippen LogP contribution < -0.4 is 10.0 Å². The van der Waals surface area contributed by atoms with Crippen LogP contribution in [-0.4, -0.2) is 24.5 Å². The molecule has 0 fully saturated rings. The largest absolute Gasteiger partial charge is 0.300 e. The molecule has 1 aromatic heterocycles. The Hall–Kier alpha value is -2.07. The molecular weight excluding hydrogens is 331 g/mol. The first-order valence-electron chi connectivity index (χ1n) is 6.21. The maximum atomic E-state index is 13.5. The molecule has 22 heavy (non-hydrogen) atoms. The lowest BCUT2D eigenvalue weighted by Gasteiger charge is -2.05. The van der Waals surface area contributed by atoms with E-state index in [-0.39, 0.29) is 27.0 Å². The summed E-state index contributed by atoms with van der Waals surface area (Å²) in [6.07, 6.45) is 0. The SMILES string of the molecule is CC(C)C(=O)Nc1nnc(S(=O)(=O)Nc2ccccc2F)s1. The molecule has 10 heteroatoms. The van der Waals surface area contributed by atoms with Crippen LogP contribution >= 0.6 is 11.3 Å². The van der Waals surface area contributed by atoms with E-state index in [1.807, 2.05) is 0 Å². The van der Waals surface area contributed by atoms with Crippen LogP contribution in [0, 0.1) is 11.7 Å². The van der Waals surface area contributed by atoms with Gasteiger partial charge in [0.15, 0.2) is 0 Å². The van der Waals surface area contributed by atoms with Crippen molar-refractivity contribution in [2.75, 3.05) is 10.0 Å². The number of aromatic nitrogens is 2. The van der Waals surface area contributed by atoms with Crippen molar-refractivity contribution in [1.29, 1.82) is 0 Å². The first kappa shape index (κ1) is 16.3. The third-order valence-electron chi connectivity index (χ3n) is 2.51. The Morgan fingerprint density at radius 3 is 2.59 bits per heavy atom. The Kier molecular flexibility index (Phi) is 4.71.